The van der Waals surface area contributed by atoms with Crippen LogP contribution in [0.25, 0.3) is 0 Å². The molecule has 1 aromatic heterocycles. The molecule has 1 heterocycles. The van der Waals surface area contributed by atoms with Crippen LogP contribution in [-0.4, -0.2) is 23.6 Å². The monoisotopic (exact) mass is 368 g/mol. The Labute approximate surface area is 158 Å². The van der Waals surface area contributed by atoms with Crippen LogP contribution in [0.4, 0.5) is 17.3 Å². The van der Waals surface area contributed by atoms with E-state index in [0.717, 1.165) is 41.1 Å². The Kier molecular flexibility index (Phi) is 5.92. The third-order valence-corrected chi connectivity index (χ3v) is 4.02. The number of rotatable bonds is 7. The van der Waals surface area contributed by atoms with Gasteiger partial charge in [0.15, 0.2) is 0 Å². The molecule has 3 rings (SSSR count). The van der Waals surface area contributed by atoms with Gasteiger partial charge in [-0.1, -0.05) is 29.8 Å². The fourth-order valence-corrected chi connectivity index (χ4v) is 2.81. The summed E-state index contributed by atoms with van der Waals surface area (Å²) in [7, 11) is 1.65. The predicted octanol–water partition coefficient (Wildman–Crippen LogP) is 4.85. The highest BCUT2D eigenvalue weighted by Crippen LogP contribution is 2.21. The molecule has 0 spiro atoms. The number of benzene rings is 2. The Hall–Kier alpha value is -2.79. The summed E-state index contributed by atoms with van der Waals surface area (Å²) in [4.78, 5) is 8.89. The third-order valence-electron chi connectivity index (χ3n) is 3.79. The Balaban J connectivity index is 1.65. The molecule has 0 amide bonds. The molecule has 2 N–H and O–H groups in total. The van der Waals surface area contributed by atoms with Crippen LogP contribution in [0.2, 0.25) is 5.02 Å². The Morgan fingerprint density at radius 2 is 1.81 bits per heavy atom. The second-order valence-corrected chi connectivity index (χ2v) is 6.29. The smallest absolute Gasteiger partial charge is 0.136 e. The molecule has 0 unspecified atom stereocenters. The number of aryl methyl sites for hydroxylation is 1. The molecule has 0 atom stereocenters. The van der Waals surface area contributed by atoms with Crippen molar-refractivity contribution in [2.75, 3.05) is 24.3 Å². The zero-order valence-electron chi connectivity index (χ0n) is 14.8. The Bertz CT molecular complexity index is 885. The summed E-state index contributed by atoms with van der Waals surface area (Å²) in [5, 5.41) is 7.38. The van der Waals surface area contributed by atoms with Gasteiger partial charge in [0.05, 0.1) is 7.11 Å². The highest BCUT2D eigenvalue weighted by molar-refractivity contribution is 6.30. The van der Waals surface area contributed by atoms with Crippen LogP contribution in [0, 0.1) is 6.92 Å². The van der Waals surface area contributed by atoms with Gasteiger partial charge in [-0.05, 0) is 43.2 Å². The van der Waals surface area contributed by atoms with Gasteiger partial charge in [0.1, 0.15) is 23.2 Å². The van der Waals surface area contributed by atoms with Crippen LogP contribution in [0.15, 0.2) is 54.6 Å². The number of nitrogens with one attached hydrogen (secondary N) is 2. The fraction of sp³-hybridized carbons (Fsp3) is 0.200. The summed E-state index contributed by atoms with van der Waals surface area (Å²) in [6.07, 6.45) is 0.863. The highest BCUT2D eigenvalue weighted by Gasteiger charge is 2.04. The van der Waals surface area contributed by atoms with Crippen molar-refractivity contribution in [3.8, 4) is 5.75 Å². The zero-order chi connectivity index (χ0) is 18.4. The van der Waals surface area contributed by atoms with Crippen molar-refractivity contribution in [1.82, 2.24) is 9.97 Å². The van der Waals surface area contributed by atoms with E-state index in [0.29, 0.717) is 5.82 Å². The average Bonchev–Trinajstić information content (AvgIpc) is 2.61. The van der Waals surface area contributed by atoms with Gasteiger partial charge in [-0.2, -0.15) is 0 Å². The molecule has 0 aliphatic rings. The average molecular weight is 369 g/mol. The molecular weight excluding hydrogens is 348 g/mol. The molecule has 0 aliphatic carbocycles. The van der Waals surface area contributed by atoms with Crippen molar-refractivity contribution in [2.24, 2.45) is 0 Å². The number of aromatic nitrogens is 2. The summed E-state index contributed by atoms with van der Waals surface area (Å²) >= 11 is 6.02. The van der Waals surface area contributed by atoms with Gasteiger partial charge in [-0.15, -0.1) is 0 Å². The fourth-order valence-electron chi connectivity index (χ4n) is 2.60. The lowest BCUT2D eigenvalue weighted by atomic mass is 10.1. The molecule has 0 bridgehead atoms. The molecule has 0 fully saturated rings. The van der Waals surface area contributed by atoms with Crippen LogP contribution in [-0.2, 0) is 6.42 Å². The molecule has 3 aromatic rings. The van der Waals surface area contributed by atoms with Crippen LogP contribution < -0.4 is 15.4 Å². The number of methoxy groups -OCH3 is 1. The molecule has 6 heteroatoms. The van der Waals surface area contributed by atoms with Gasteiger partial charge in [0, 0.05) is 29.4 Å². The van der Waals surface area contributed by atoms with Crippen molar-refractivity contribution in [2.45, 2.75) is 13.3 Å². The minimum Gasteiger partial charge on any atom is -0.497 e. The molecular formula is C20H21ClN4O. The van der Waals surface area contributed by atoms with Gasteiger partial charge in [-0.3, -0.25) is 0 Å². The van der Waals surface area contributed by atoms with E-state index in [1.807, 2.05) is 55.5 Å². The van der Waals surface area contributed by atoms with Crippen molar-refractivity contribution >= 4 is 28.9 Å². The summed E-state index contributed by atoms with van der Waals surface area (Å²) in [5.74, 6) is 3.00. The number of ether oxygens (including phenoxy) is 1. The molecule has 26 heavy (non-hydrogen) atoms. The van der Waals surface area contributed by atoms with Crippen molar-refractivity contribution in [3.63, 3.8) is 0 Å². The third kappa shape index (κ3) is 5.10. The first-order chi connectivity index (χ1) is 12.6. The van der Waals surface area contributed by atoms with Gasteiger partial charge < -0.3 is 15.4 Å². The van der Waals surface area contributed by atoms with E-state index < -0.39 is 0 Å². The van der Waals surface area contributed by atoms with E-state index in [1.165, 1.54) is 5.56 Å². The molecule has 134 valence electrons. The van der Waals surface area contributed by atoms with E-state index in [1.54, 1.807) is 7.11 Å². The van der Waals surface area contributed by atoms with Gasteiger partial charge in [0.25, 0.3) is 0 Å². The Morgan fingerprint density at radius 1 is 1.00 bits per heavy atom. The van der Waals surface area contributed by atoms with Gasteiger partial charge in [-0.25, -0.2) is 9.97 Å². The number of halogens is 1. The molecule has 0 radical (unpaired) electrons. The van der Waals surface area contributed by atoms with E-state index in [2.05, 4.69) is 26.7 Å². The minimum absolute atomic E-state index is 0.697. The maximum absolute atomic E-state index is 6.02. The second-order valence-electron chi connectivity index (χ2n) is 5.85. The minimum atomic E-state index is 0.697. The van der Waals surface area contributed by atoms with Crippen molar-refractivity contribution in [1.29, 1.82) is 0 Å². The number of nitrogens with zero attached hydrogens (tertiary/aromatic N) is 2. The number of anilines is 3. The Morgan fingerprint density at radius 3 is 2.62 bits per heavy atom. The normalized spacial score (nSPS) is 10.4. The van der Waals surface area contributed by atoms with Crippen LogP contribution in [0.3, 0.4) is 0 Å². The molecule has 5 nitrogen and oxygen atoms in total. The highest BCUT2D eigenvalue weighted by atomic mass is 35.5. The quantitative estimate of drug-likeness (QED) is 0.624. The first-order valence-electron chi connectivity index (χ1n) is 8.37. The maximum Gasteiger partial charge on any atom is 0.136 e. The standard InChI is InChI=1S/C20H21ClN4O/c1-14-23-19(22-10-9-15-5-3-6-16(21)11-15)13-20(24-14)25-17-7-4-8-18(12-17)26-2/h3-8,11-13H,9-10H2,1-2H3,(H2,22,23,24,25). The van der Waals surface area contributed by atoms with E-state index >= 15 is 0 Å². The first kappa shape index (κ1) is 18.0. The molecule has 0 saturated carbocycles. The number of hydrogen-bond acceptors (Lipinski definition) is 5. The largest absolute Gasteiger partial charge is 0.497 e. The van der Waals surface area contributed by atoms with Crippen molar-refractivity contribution < 1.29 is 4.74 Å². The maximum atomic E-state index is 6.02. The summed E-state index contributed by atoms with van der Waals surface area (Å²) < 4.78 is 5.25. The second kappa shape index (κ2) is 8.54. The van der Waals surface area contributed by atoms with Crippen LogP contribution in [0.5, 0.6) is 5.75 Å². The van der Waals surface area contributed by atoms with Crippen molar-refractivity contribution in [3.05, 3.63) is 71.0 Å². The van der Waals surface area contributed by atoms with E-state index in [4.69, 9.17) is 16.3 Å². The SMILES string of the molecule is COc1cccc(Nc2cc(NCCc3cccc(Cl)c3)nc(C)n2)c1. The topological polar surface area (TPSA) is 59.1 Å². The van der Waals surface area contributed by atoms with Crippen LogP contribution >= 0.6 is 11.6 Å². The summed E-state index contributed by atoms with van der Waals surface area (Å²) in [5.41, 5.74) is 2.10. The van der Waals surface area contributed by atoms with Crippen LogP contribution in [0.1, 0.15) is 11.4 Å². The molecule has 0 aliphatic heterocycles. The van der Waals surface area contributed by atoms with E-state index in [-0.39, 0.29) is 0 Å². The summed E-state index contributed by atoms with van der Waals surface area (Å²) in [6.45, 7) is 2.63. The summed E-state index contributed by atoms with van der Waals surface area (Å²) in [6, 6.07) is 17.5. The lowest BCUT2D eigenvalue weighted by molar-refractivity contribution is 0.415. The first-order valence-corrected chi connectivity index (χ1v) is 8.75. The van der Waals surface area contributed by atoms with E-state index in [9.17, 15) is 0 Å². The molecule has 0 saturated heterocycles. The van der Waals surface area contributed by atoms with Gasteiger partial charge >= 0.3 is 0 Å². The lowest BCUT2D eigenvalue weighted by Crippen LogP contribution is -2.08. The molecule has 2 aromatic carbocycles. The predicted molar refractivity (Wildman–Crippen MR) is 107 cm³/mol. The lowest BCUT2D eigenvalue weighted by Gasteiger charge is -2.11. The van der Waals surface area contributed by atoms with Gasteiger partial charge in [0.2, 0.25) is 0 Å². The number of hydrogen-bond donors (Lipinski definition) is 2. The zero-order valence-corrected chi connectivity index (χ0v) is 15.5.